The Morgan fingerprint density at radius 2 is 1.39 bits per heavy atom. The van der Waals surface area contributed by atoms with Crippen LogP contribution in [0.3, 0.4) is 0 Å². The van der Waals surface area contributed by atoms with Crippen LogP contribution in [0.15, 0.2) is 66.7 Å². The molecule has 2 aliphatic rings. The molecule has 2 fully saturated rings. The van der Waals surface area contributed by atoms with Crippen LogP contribution >= 0.6 is 11.3 Å². The zero-order valence-corrected chi connectivity index (χ0v) is 23.3. The highest BCUT2D eigenvalue weighted by Crippen LogP contribution is 2.41. The van der Waals surface area contributed by atoms with Gasteiger partial charge in [0.1, 0.15) is 18.1 Å². The molecule has 4 nitrogen and oxygen atoms in total. The number of thiophene rings is 1. The molecule has 0 saturated carbocycles. The van der Waals surface area contributed by atoms with Crippen molar-refractivity contribution in [2.75, 3.05) is 46.4 Å². The number of nitrogens with zero attached hydrogens (tertiary/aromatic N) is 2. The normalized spacial score (nSPS) is 16.4. The molecule has 3 aromatic carbocycles. The van der Waals surface area contributed by atoms with E-state index >= 15 is 0 Å². The van der Waals surface area contributed by atoms with Crippen LogP contribution < -0.4 is 9.47 Å². The van der Waals surface area contributed by atoms with Crippen molar-refractivity contribution in [2.45, 2.75) is 38.6 Å². The van der Waals surface area contributed by atoms with Gasteiger partial charge in [0.15, 0.2) is 0 Å². The van der Waals surface area contributed by atoms with Crippen LogP contribution in [-0.4, -0.2) is 56.2 Å². The Morgan fingerprint density at radius 1 is 0.737 bits per heavy atom. The summed E-state index contributed by atoms with van der Waals surface area (Å²) in [7, 11) is 1.74. The van der Waals surface area contributed by atoms with Crippen molar-refractivity contribution in [1.82, 2.24) is 9.80 Å². The highest BCUT2D eigenvalue weighted by molar-refractivity contribution is 7.22. The highest BCUT2D eigenvalue weighted by atomic mass is 32.1. The van der Waals surface area contributed by atoms with Crippen LogP contribution in [0.2, 0.25) is 0 Å². The molecule has 2 saturated heterocycles. The first-order valence-corrected chi connectivity index (χ1v) is 14.9. The number of hydrogen-bond acceptors (Lipinski definition) is 5. The minimum absolute atomic E-state index is 0.751. The minimum Gasteiger partial charge on any atom is -0.497 e. The standard InChI is InChI=1S/C33H38N2O2S/c1-36-29-14-15-30-31(22-25-6-8-26(9-7-25)24-35-18-4-5-19-35)33(38-32(30)23-29)27-10-12-28(13-11-27)37-21-20-34-16-2-3-17-34/h6-15,23H,2-5,16-22,24H2,1H3. The SMILES string of the molecule is COc1ccc2c(Cc3ccc(CN4CCCC4)cc3)c(-c3ccc(OCCN4CCCC4)cc3)sc2c1. The van der Waals surface area contributed by atoms with Crippen LogP contribution in [0.5, 0.6) is 11.5 Å². The third-order valence-electron chi connectivity index (χ3n) is 8.00. The maximum Gasteiger partial charge on any atom is 0.120 e. The van der Waals surface area contributed by atoms with E-state index in [1.54, 1.807) is 7.11 Å². The average molecular weight is 527 g/mol. The first-order chi connectivity index (χ1) is 18.7. The lowest BCUT2D eigenvalue weighted by molar-refractivity contribution is 0.238. The van der Waals surface area contributed by atoms with E-state index < -0.39 is 0 Å². The third-order valence-corrected chi connectivity index (χ3v) is 9.24. The first-order valence-electron chi connectivity index (χ1n) is 14.1. The summed E-state index contributed by atoms with van der Waals surface area (Å²) < 4.78 is 12.9. The molecule has 0 spiro atoms. The van der Waals surface area contributed by atoms with E-state index in [0.717, 1.165) is 37.6 Å². The third kappa shape index (κ3) is 5.90. The van der Waals surface area contributed by atoms with Gasteiger partial charge in [-0.15, -0.1) is 11.3 Å². The monoisotopic (exact) mass is 526 g/mol. The summed E-state index contributed by atoms with van der Waals surface area (Å²) in [6.07, 6.45) is 6.23. The number of benzene rings is 3. The maximum absolute atomic E-state index is 6.07. The lowest BCUT2D eigenvalue weighted by Gasteiger charge is -2.15. The number of methoxy groups -OCH3 is 1. The largest absolute Gasteiger partial charge is 0.497 e. The van der Waals surface area contributed by atoms with Gasteiger partial charge in [-0.1, -0.05) is 24.3 Å². The summed E-state index contributed by atoms with van der Waals surface area (Å²) in [5.74, 6) is 1.86. The summed E-state index contributed by atoms with van der Waals surface area (Å²) in [5, 5.41) is 1.32. The van der Waals surface area contributed by atoms with Gasteiger partial charge in [-0.05, 0) is 128 Å². The number of ether oxygens (including phenoxy) is 2. The second kappa shape index (κ2) is 11.9. The minimum atomic E-state index is 0.751. The molecule has 0 atom stereocenters. The molecule has 5 heteroatoms. The molecule has 0 aliphatic carbocycles. The smallest absolute Gasteiger partial charge is 0.120 e. The van der Waals surface area contributed by atoms with Gasteiger partial charge in [-0.3, -0.25) is 9.80 Å². The Hall–Kier alpha value is -2.86. The molecule has 0 radical (unpaired) electrons. The van der Waals surface area contributed by atoms with Crippen LogP contribution in [0.4, 0.5) is 0 Å². The van der Waals surface area contributed by atoms with Crippen molar-refractivity contribution in [3.8, 4) is 21.9 Å². The molecule has 0 bridgehead atoms. The van der Waals surface area contributed by atoms with E-state index in [2.05, 4.69) is 76.5 Å². The van der Waals surface area contributed by atoms with Crippen molar-refractivity contribution in [2.24, 2.45) is 0 Å². The summed E-state index contributed by atoms with van der Waals surface area (Å²) in [5.41, 5.74) is 5.41. The highest BCUT2D eigenvalue weighted by Gasteiger charge is 2.17. The molecule has 38 heavy (non-hydrogen) atoms. The fourth-order valence-corrected chi connectivity index (χ4v) is 7.09. The number of likely N-dealkylation sites (tertiary alicyclic amines) is 2. The second-order valence-electron chi connectivity index (χ2n) is 10.7. The van der Waals surface area contributed by atoms with Gasteiger partial charge in [0.25, 0.3) is 0 Å². The van der Waals surface area contributed by atoms with Gasteiger partial charge < -0.3 is 9.47 Å². The van der Waals surface area contributed by atoms with Gasteiger partial charge in [-0.2, -0.15) is 0 Å². The van der Waals surface area contributed by atoms with E-state index in [4.69, 9.17) is 9.47 Å². The summed E-state index contributed by atoms with van der Waals surface area (Å²) in [6.45, 7) is 7.72. The van der Waals surface area contributed by atoms with Crippen LogP contribution in [0.25, 0.3) is 20.5 Å². The van der Waals surface area contributed by atoms with Gasteiger partial charge >= 0.3 is 0 Å². The number of hydrogen-bond donors (Lipinski definition) is 0. The zero-order valence-electron chi connectivity index (χ0n) is 22.5. The molecule has 0 unspecified atom stereocenters. The lowest BCUT2D eigenvalue weighted by atomic mass is 9.98. The Morgan fingerprint density at radius 3 is 2.11 bits per heavy atom. The summed E-state index contributed by atoms with van der Waals surface area (Å²) in [4.78, 5) is 6.38. The Bertz CT molecular complexity index is 1330. The van der Waals surface area contributed by atoms with Crippen molar-refractivity contribution in [1.29, 1.82) is 0 Å². The molecule has 0 N–H and O–H groups in total. The summed E-state index contributed by atoms with van der Waals surface area (Å²) in [6, 6.07) is 24.4. The molecule has 3 heterocycles. The van der Waals surface area contributed by atoms with Crippen molar-refractivity contribution < 1.29 is 9.47 Å². The van der Waals surface area contributed by atoms with Crippen LogP contribution in [-0.2, 0) is 13.0 Å². The van der Waals surface area contributed by atoms with Gasteiger partial charge in [0, 0.05) is 22.7 Å². The molecule has 2 aliphatic heterocycles. The van der Waals surface area contributed by atoms with Crippen molar-refractivity contribution in [3.05, 3.63) is 83.4 Å². The zero-order chi connectivity index (χ0) is 25.7. The van der Waals surface area contributed by atoms with Gasteiger partial charge in [0.05, 0.1) is 7.11 Å². The number of fused-ring (bicyclic) bond motifs is 1. The molecular weight excluding hydrogens is 488 g/mol. The summed E-state index contributed by atoms with van der Waals surface area (Å²) >= 11 is 1.86. The lowest BCUT2D eigenvalue weighted by Crippen LogP contribution is -2.25. The van der Waals surface area contributed by atoms with E-state index in [1.165, 1.54) is 89.1 Å². The molecule has 6 rings (SSSR count). The predicted octanol–water partition coefficient (Wildman–Crippen LogP) is 7.24. The fourth-order valence-electron chi connectivity index (χ4n) is 5.83. The Labute approximate surface area is 230 Å². The predicted molar refractivity (Wildman–Crippen MR) is 159 cm³/mol. The quantitative estimate of drug-likeness (QED) is 0.217. The average Bonchev–Trinajstić information content (AvgIpc) is 3.72. The number of rotatable bonds is 10. The van der Waals surface area contributed by atoms with Gasteiger partial charge in [-0.25, -0.2) is 0 Å². The molecule has 0 amide bonds. The Kier molecular flexibility index (Phi) is 7.96. The molecular formula is C33H38N2O2S. The molecule has 4 aromatic rings. The first kappa shape index (κ1) is 25.4. The Balaban J connectivity index is 1.22. The maximum atomic E-state index is 6.07. The molecule has 198 valence electrons. The second-order valence-corrected chi connectivity index (χ2v) is 11.7. The van der Waals surface area contributed by atoms with E-state index in [0.29, 0.717) is 0 Å². The van der Waals surface area contributed by atoms with Crippen molar-refractivity contribution >= 4 is 21.4 Å². The van der Waals surface area contributed by atoms with E-state index in [9.17, 15) is 0 Å². The van der Waals surface area contributed by atoms with Crippen LogP contribution in [0.1, 0.15) is 42.4 Å². The van der Waals surface area contributed by atoms with Crippen LogP contribution in [0, 0.1) is 0 Å². The topological polar surface area (TPSA) is 24.9 Å². The van der Waals surface area contributed by atoms with E-state index in [-0.39, 0.29) is 0 Å². The molecule has 1 aromatic heterocycles. The fraction of sp³-hybridized carbons (Fsp3) is 0.394. The van der Waals surface area contributed by atoms with Gasteiger partial charge in [0.2, 0.25) is 0 Å². The van der Waals surface area contributed by atoms with E-state index in [1.807, 2.05) is 11.3 Å². The van der Waals surface area contributed by atoms with Crippen molar-refractivity contribution in [3.63, 3.8) is 0 Å².